The van der Waals surface area contributed by atoms with E-state index in [0.717, 1.165) is 56.6 Å². The molecular formula is C24H28N4O2S. The third kappa shape index (κ3) is 3.45. The molecule has 1 amide bonds. The Morgan fingerprint density at radius 3 is 2.58 bits per heavy atom. The lowest BCUT2D eigenvalue weighted by Crippen LogP contribution is -2.49. The first-order valence-electron chi connectivity index (χ1n) is 11.1. The molecule has 2 fully saturated rings. The molecule has 1 unspecified atom stereocenters. The fraction of sp³-hybridized carbons (Fsp3) is 0.458. The maximum atomic E-state index is 13.9. The second-order valence-corrected chi connectivity index (χ2v) is 9.74. The van der Waals surface area contributed by atoms with Crippen molar-refractivity contribution in [2.24, 2.45) is 7.05 Å². The molecule has 1 aliphatic carbocycles. The van der Waals surface area contributed by atoms with Gasteiger partial charge < -0.3 is 4.90 Å². The van der Waals surface area contributed by atoms with Crippen molar-refractivity contribution in [2.75, 3.05) is 13.1 Å². The number of aromatic nitrogens is 3. The zero-order chi connectivity index (χ0) is 21.4. The largest absolute Gasteiger partial charge is 0.350 e. The van der Waals surface area contributed by atoms with Gasteiger partial charge in [-0.25, -0.2) is 14.0 Å². The molecule has 31 heavy (non-hydrogen) atoms. The number of hydrogen-bond acceptors (Lipinski definition) is 4. The van der Waals surface area contributed by atoms with Crippen molar-refractivity contribution in [3.05, 3.63) is 69.0 Å². The van der Waals surface area contributed by atoms with Gasteiger partial charge in [-0.2, -0.15) is 5.10 Å². The van der Waals surface area contributed by atoms with Gasteiger partial charge in [0.05, 0.1) is 11.1 Å². The predicted molar refractivity (Wildman–Crippen MR) is 122 cm³/mol. The van der Waals surface area contributed by atoms with E-state index in [-0.39, 0.29) is 22.9 Å². The first-order chi connectivity index (χ1) is 15.1. The first-order valence-corrected chi connectivity index (χ1v) is 12.0. The van der Waals surface area contributed by atoms with Gasteiger partial charge >= 0.3 is 5.69 Å². The number of amides is 1. The van der Waals surface area contributed by atoms with Gasteiger partial charge in [0.1, 0.15) is 5.82 Å². The Balaban J connectivity index is 1.46. The van der Waals surface area contributed by atoms with Gasteiger partial charge in [-0.05, 0) is 49.3 Å². The van der Waals surface area contributed by atoms with Crippen molar-refractivity contribution >= 4 is 17.2 Å². The van der Waals surface area contributed by atoms with Crippen LogP contribution in [-0.2, 0) is 17.3 Å². The van der Waals surface area contributed by atoms with Crippen LogP contribution in [-0.4, -0.2) is 38.2 Å². The Bertz CT molecular complexity index is 1110. The summed E-state index contributed by atoms with van der Waals surface area (Å²) in [4.78, 5) is 30.0. The molecule has 1 aliphatic heterocycles. The molecule has 162 valence electrons. The number of rotatable bonds is 4. The summed E-state index contributed by atoms with van der Waals surface area (Å²) in [7, 11) is 1.70. The van der Waals surface area contributed by atoms with E-state index in [0.29, 0.717) is 6.54 Å². The van der Waals surface area contributed by atoms with Crippen LogP contribution in [0.25, 0.3) is 5.69 Å². The smallest absolute Gasteiger partial charge is 0.341 e. The van der Waals surface area contributed by atoms with Crippen molar-refractivity contribution in [1.82, 2.24) is 19.2 Å². The number of carbonyl (C=O) groups is 1. The standard InChI is InChI=1S/C24H28N4O2S/c1-26-23(30)28(19-10-3-2-4-11-19)21(25-26)18-9-7-15-27(17-18)22(29)24(13-5-6-14-24)20-12-8-16-31-20/h2-4,8,10-12,16,18H,5-7,9,13-15,17H2,1H3. The van der Waals surface area contributed by atoms with Gasteiger partial charge in [-0.1, -0.05) is 37.1 Å². The molecule has 7 heteroatoms. The fourth-order valence-corrected chi connectivity index (χ4v) is 6.32. The Hall–Kier alpha value is -2.67. The van der Waals surface area contributed by atoms with Crippen LogP contribution < -0.4 is 5.69 Å². The normalized spacial score (nSPS) is 20.8. The zero-order valence-electron chi connectivity index (χ0n) is 17.9. The molecule has 3 aromatic rings. The molecule has 1 atom stereocenters. The van der Waals surface area contributed by atoms with Crippen LogP contribution in [0.5, 0.6) is 0 Å². The van der Waals surface area contributed by atoms with E-state index in [2.05, 4.69) is 22.6 Å². The lowest BCUT2D eigenvalue weighted by Gasteiger charge is -2.38. The lowest BCUT2D eigenvalue weighted by atomic mass is 9.81. The molecule has 6 nitrogen and oxygen atoms in total. The van der Waals surface area contributed by atoms with E-state index in [1.807, 2.05) is 35.2 Å². The molecule has 1 saturated carbocycles. The second-order valence-electron chi connectivity index (χ2n) is 8.79. The summed E-state index contributed by atoms with van der Waals surface area (Å²) in [5.41, 5.74) is 0.319. The minimum atomic E-state index is -0.362. The van der Waals surface area contributed by atoms with E-state index < -0.39 is 0 Å². The SMILES string of the molecule is Cn1nc(C2CCCN(C(=O)C3(c4cccs4)CCCC3)C2)n(-c2ccccc2)c1=O. The summed E-state index contributed by atoms with van der Waals surface area (Å²) in [5, 5.41) is 6.68. The quantitative estimate of drug-likeness (QED) is 0.624. The van der Waals surface area contributed by atoms with Crippen LogP contribution in [0.2, 0.25) is 0 Å². The highest BCUT2D eigenvalue weighted by atomic mass is 32.1. The highest BCUT2D eigenvalue weighted by Crippen LogP contribution is 2.45. The topological polar surface area (TPSA) is 60.1 Å². The number of para-hydroxylation sites is 1. The Morgan fingerprint density at radius 1 is 1.10 bits per heavy atom. The number of thiophene rings is 1. The molecule has 1 saturated heterocycles. The van der Waals surface area contributed by atoms with E-state index in [4.69, 9.17) is 0 Å². The van der Waals surface area contributed by atoms with Crippen molar-refractivity contribution < 1.29 is 4.79 Å². The fourth-order valence-electron chi connectivity index (χ4n) is 5.34. The van der Waals surface area contributed by atoms with Gasteiger partial charge in [-0.15, -0.1) is 11.3 Å². The van der Waals surface area contributed by atoms with Gasteiger partial charge in [-0.3, -0.25) is 4.79 Å². The van der Waals surface area contributed by atoms with Crippen molar-refractivity contribution in [3.63, 3.8) is 0 Å². The van der Waals surface area contributed by atoms with Crippen molar-refractivity contribution in [1.29, 1.82) is 0 Å². The van der Waals surface area contributed by atoms with Crippen molar-refractivity contribution in [2.45, 2.75) is 49.9 Å². The number of carbonyl (C=O) groups excluding carboxylic acids is 1. The van der Waals surface area contributed by atoms with E-state index in [9.17, 15) is 9.59 Å². The van der Waals surface area contributed by atoms with Crippen LogP contribution >= 0.6 is 11.3 Å². The second kappa shape index (κ2) is 8.11. The molecule has 5 rings (SSSR count). The number of hydrogen-bond donors (Lipinski definition) is 0. The van der Waals surface area contributed by atoms with Crippen LogP contribution in [0, 0.1) is 0 Å². The summed E-state index contributed by atoms with van der Waals surface area (Å²) in [6.45, 7) is 1.40. The van der Waals surface area contributed by atoms with Crippen LogP contribution in [0.15, 0.2) is 52.6 Å². The first kappa shape index (κ1) is 20.2. The number of aryl methyl sites for hydroxylation is 1. The number of likely N-dealkylation sites (tertiary alicyclic amines) is 1. The van der Waals surface area contributed by atoms with E-state index in [1.54, 1.807) is 23.0 Å². The van der Waals surface area contributed by atoms with Gasteiger partial charge in [0.25, 0.3) is 0 Å². The average Bonchev–Trinajstić information content (AvgIpc) is 3.56. The molecule has 0 bridgehead atoms. The monoisotopic (exact) mass is 436 g/mol. The summed E-state index contributed by atoms with van der Waals surface area (Å²) >= 11 is 1.70. The summed E-state index contributed by atoms with van der Waals surface area (Å²) in [6, 6.07) is 13.8. The van der Waals surface area contributed by atoms with Gasteiger partial charge in [0.2, 0.25) is 5.91 Å². The van der Waals surface area contributed by atoms with Gasteiger partial charge in [0.15, 0.2) is 0 Å². The number of benzene rings is 1. The molecule has 0 spiro atoms. The van der Waals surface area contributed by atoms with Crippen LogP contribution in [0.4, 0.5) is 0 Å². The third-order valence-corrected chi connectivity index (χ3v) is 7.97. The van der Waals surface area contributed by atoms with Crippen LogP contribution in [0.3, 0.4) is 0 Å². The minimum Gasteiger partial charge on any atom is -0.341 e. The Labute approximate surface area is 186 Å². The summed E-state index contributed by atoms with van der Waals surface area (Å²) < 4.78 is 3.12. The third-order valence-electron chi connectivity index (χ3n) is 6.90. The van der Waals surface area contributed by atoms with Gasteiger partial charge in [0, 0.05) is 30.9 Å². The van der Waals surface area contributed by atoms with Crippen molar-refractivity contribution in [3.8, 4) is 5.69 Å². The highest BCUT2D eigenvalue weighted by molar-refractivity contribution is 7.10. The Kier molecular flexibility index (Phi) is 5.30. The maximum absolute atomic E-state index is 13.9. The molecular weight excluding hydrogens is 408 g/mol. The Morgan fingerprint density at radius 2 is 1.87 bits per heavy atom. The van der Waals surface area contributed by atoms with E-state index in [1.165, 1.54) is 9.56 Å². The molecule has 0 N–H and O–H groups in total. The zero-order valence-corrected chi connectivity index (χ0v) is 18.7. The maximum Gasteiger partial charge on any atom is 0.350 e. The van der Waals surface area contributed by atoms with E-state index >= 15 is 0 Å². The number of piperidine rings is 1. The molecule has 0 radical (unpaired) electrons. The minimum absolute atomic E-state index is 0.0496. The molecule has 2 aromatic heterocycles. The number of nitrogens with zero attached hydrogens (tertiary/aromatic N) is 4. The average molecular weight is 437 g/mol. The molecule has 1 aromatic carbocycles. The highest BCUT2D eigenvalue weighted by Gasteiger charge is 2.46. The lowest BCUT2D eigenvalue weighted by molar-refractivity contribution is -0.138. The predicted octanol–water partition coefficient (Wildman–Crippen LogP) is 3.85. The summed E-state index contributed by atoms with van der Waals surface area (Å²) in [6.07, 6.45) is 5.94. The summed E-state index contributed by atoms with van der Waals surface area (Å²) in [5.74, 6) is 1.07. The molecule has 2 aliphatic rings. The molecule has 3 heterocycles. The van der Waals surface area contributed by atoms with Crippen LogP contribution in [0.1, 0.15) is 55.1 Å².